The van der Waals surface area contributed by atoms with Gasteiger partial charge in [0.1, 0.15) is 5.82 Å². The molecule has 0 N–H and O–H groups in total. The molecule has 0 bridgehead atoms. The Morgan fingerprint density at radius 3 is 2.39 bits per heavy atom. The van der Waals surface area contributed by atoms with Gasteiger partial charge in [-0.05, 0) is 26.3 Å². The Morgan fingerprint density at radius 1 is 1.28 bits per heavy atom. The molecule has 0 aliphatic rings. The number of hydrogen-bond acceptors (Lipinski definition) is 4. The summed E-state index contributed by atoms with van der Waals surface area (Å²) in [5.41, 5.74) is 0.672. The second-order valence-corrected chi connectivity index (χ2v) is 7.38. The average Bonchev–Trinajstić information content (AvgIpc) is 2.28. The smallest absolute Gasteiger partial charge is 0.198 e. The van der Waals surface area contributed by atoms with E-state index in [4.69, 9.17) is 11.6 Å². The maximum atomic E-state index is 12.3. The largest absolute Gasteiger partial charge is 0.238 e. The van der Waals surface area contributed by atoms with Gasteiger partial charge in [0.05, 0.1) is 5.25 Å². The van der Waals surface area contributed by atoms with Gasteiger partial charge in [-0.1, -0.05) is 13.8 Å². The number of rotatable bonds is 5. The molecular formula is C12H19ClN2O2S. The molecule has 18 heavy (non-hydrogen) atoms. The molecule has 0 fully saturated rings. The summed E-state index contributed by atoms with van der Waals surface area (Å²) in [6.45, 7) is 7.31. The summed E-state index contributed by atoms with van der Waals surface area (Å²) < 4.78 is 24.6. The first-order valence-corrected chi connectivity index (χ1v) is 8.02. The van der Waals surface area contributed by atoms with Gasteiger partial charge >= 0.3 is 0 Å². The molecule has 0 amide bonds. The number of alkyl halides is 1. The lowest BCUT2D eigenvalue weighted by Crippen LogP contribution is -2.21. The Kier molecular flexibility index (Phi) is 5.10. The van der Waals surface area contributed by atoms with Gasteiger partial charge in [-0.3, -0.25) is 0 Å². The number of sulfone groups is 1. The zero-order chi connectivity index (χ0) is 13.9. The van der Waals surface area contributed by atoms with Gasteiger partial charge in [0.2, 0.25) is 0 Å². The van der Waals surface area contributed by atoms with Crippen LogP contribution in [-0.4, -0.2) is 29.5 Å². The van der Waals surface area contributed by atoms with E-state index in [2.05, 4.69) is 9.97 Å². The summed E-state index contributed by atoms with van der Waals surface area (Å²) in [5, 5.41) is -0.416. The summed E-state index contributed by atoms with van der Waals surface area (Å²) in [4.78, 5) is 8.42. The van der Waals surface area contributed by atoms with Crippen LogP contribution in [0.25, 0.3) is 0 Å². The predicted octanol–water partition coefficient (Wildman–Crippen LogP) is 2.70. The van der Waals surface area contributed by atoms with Gasteiger partial charge in [-0.25, -0.2) is 18.4 Å². The minimum atomic E-state index is -3.42. The molecule has 1 aromatic rings. The topological polar surface area (TPSA) is 59.9 Å². The third kappa shape index (κ3) is 3.42. The van der Waals surface area contributed by atoms with Gasteiger partial charge in [0.15, 0.2) is 14.9 Å². The fourth-order valence-corrected chi connectivity index (χ4v) is 3.33. The van der Waals surface area contributed by atoms with Crippen LogP contribution in [0.4, 0.5) is 0 Å². The Balaban J connectivity index is 3.24. The highest BCUT2D eigenvalue weighted by Gasteiger charge is 2.25. The quantitative estimate of drug-likeness (QED) is 0.618. The highest BCUT2D eigenvalue weighted by Crippen LogP contribution is 2.19. The summed E-state index contributed by atoms with van der Waals surface area (Å²) in [6, 6.07) is 1.52. The Morgan fingerprint density at radius 2 is 1.89 bits per heavy atom. The Hall–Kier alpha value is -0.680. The van der Waals surface area contributed by atoms with Crippen molar-refractivity contribution < 1.29 is 8.42 Å². The molecule has 1 atom stereocenters. The molecule has 0 aliphatic heterocycles. The van der Waals surface area contributed by atoms with Crippen molar-refractivity contribution in [3.8, 4) is 0 Å². The van der Waals surface area contributed by atoms with Crippen LogP contribution in [0.3, 0.4) is 0 Å². The molecule has 102 valence electrons. The van der Waals surface area contributed by atoms with E-state index in [1.807, 2.05) is 13.8 Å². The fourth-order valence-electron chi connectivity index (χ4n) is 1.48. The van der Waals surface area contributed by atoms with Crippen molar-refractivity contribution in [2.24, 2.45) is 0 Å². The monoisotopic (exact) mass is 290 g/mol. The third-order valence-corrected chi connectivity index (χ3v) is 5.01. The van der Waals surface area contributed by atoms with Crippen LogP contribution in [0.15, 0.2) is 11.1 Å². The van der Waals surface area contributed by atoms with E-state index < -0.39 is 15.1 Å². The molecule has 1 rings (SSSR count). The number of aryl methyl sites for hydroxylation is 1. The van der Waals surface area contributed by atoms with E-state index in [9.17, 15) is 8.42 Å². The van der Waals surface area contributed by atoms with Gasteiger partial charge in [0, 0.05) is 17.5 Å². The lowest BCUT2D eigenvalue weighted by molar-refractivity contribution is 0.574. The summed E-state index contributed by atoms with van der Waals surface area (Å²) >= 11 is 5.61. The second kappa shape index (κ2) is 5.97. The molecule has 0 spiro atoms. The summed E-state index contributed by atoms with van der Waals surface area (Å²) in [5.74, 6) is 0.982. The van der Waals surface area contributed by atoms with E-state index in [0.717, 1.165) is 0 Å². The van der Waals surface area contributed by atoms with Gasteiger partial charge in [0.25, 0.3) is 0 Å². The van der Waals surface area contributed by atoms with Gasteiger partial charge in [-0.15, -0.1) is 11.6 Å². The number of nitrogens with zero attached hydrogens (tertiary/aromatic N) is 2. The van der Waals surface area contributed by atoms with Crippen molar-refractivity contribution in [1.29, 1.82) is 0 Å². The van der Waals surface area contributed by atoms with Crippen LogP contribution in [-0.2, 0) is 9.84 Å². The molecule has 1 heterocycles. The molecule has 1 aromatic heterocycles. The van der Waals surface area contributed by atoms with Crippen LogP contribution in [0.1, 0.15) is 44.6 Å². The standard InChI is InChI=1S/C12H19ClN2O2S/c1-8(2)12-14-9(3)7-11(15-12)18(16,17)10(4)5-6-13/h7-8,10H,5-6H2,1-4H3. The molecule has 4 nitrogen and oxygen atoms in total. The molecule has 0 saturated carbocycles. The summed E-state index contributed by atoms with van der Waals surface area (Å²) in [6.07, 6.45) is 0.421. The normalized spacial score (nSPS) is 13.9. The van der Waals surface area contributed by atoms with Crippen LogP contribution < -0.4 is 0 Å². The maximum absolute atomic E-state index is 12.3. The van der Waals surface area contributed by atoms with Crippen molar-refractivity contribution in [3.63, 3.8) is 0 Å². The molecule has 0 aromatic carbocycles. The fraction of sp³-hybridized carbons (Fsp3) is 0.667. The van der Waals surface area contributed by atoms with E-state index in [1.54, 1.807) is 13.8 Å². The minimum Gasteiger partial charge on any atom is -0.238 e. The van der Waals surface area contributed by atoms with Crippen LogP contribution >= 0.6 is 11.6 Å². The molecule has 0 saturated heterocycles. The van der Waals surface area contributed by atoms with E-state index in [1.165, 1.54) is 6.07 Å². The van der Waals surface area contributed by atoms with E-state index in [0.29, 0.717) is 23.8 Å². The lowest BCUT2D eigenvalue weighted by atomic mass is 10.2. The van der Waals surface area contributed by atoms with Crippen molar-refractivity contribution in [1.82, 2.24) is 9.97 Å². The van der Waals surface area contributed by atoms with Crippen LogP contribution in [0, 0.1) is 6.92 Å². The first kappa shape index (κ1) is 15.4. The number of aromatic nitrogens is 2. The van der Waals surface area contributed by atoms with E-state index in [-0.39, 0.29) is 10.9 Å². The summed E-state index contributed by atoms with van der Waals surface area (Å²) in [7, 11) is -3.42. The van der Waals surface area contributed by atoms with Gasteiger partial charge < -0.3 is 0 Å². The number of halogens is 1. The van der Waals surface area contributed by atoms with Crippen molar-refractivity contribution in [2.45, 2.75) is 50.3 Å². The SMILES string of the molecule is Cc1cc(S(=O)(=O)C(C)CCCl)nc(C(C)C)n1. The lowest BCUT2D eigenvalue weighted by Gasteiger charge is -2.13. The average molecular weight is 291 g/mol. The first-order valence-electron chi connectivity index (χ1n) is 5.94. The van der Waals surface area contributed by atoms with E-state index >= 15 is 0 Å². The third-order valence-electron chi connectivity index (χ3n) is 2.70. The zero-order valence-electron chi connectivity index (χ0n) is 11.1. The Bertz CT molecular complexity index is 515. The molecule has 1 unspecified atom stereocenters. The highest BCUT2D eigenvalue weighted by molar-refractivity contribution is 7.92. The minimum absolute atomic E-state index is 0.0992. The first-order chi connectivity index (χ1) is 8.28. The molecule has 0 aliphatic carbocycles. The second-order valence-electron chi connectivity index (χ2n) is 4.69. The predicted molar refractivity (Wildman–Crippen MR) is 72.8 cm³/mol. The maximum Gasteiger partial charge on any atom is 0.198 e. The zero-order valence-corrected chi connectivity index (χ0v) is 12.7. The number of hydrogen-bond donors (Lipinski definition) is 0. The molecule has 6 heteroatoms. The van der Waals surface area contributed by atoms with Crippen molar-refractivity contribution >= 4 is 21.4 Å². The van der Waals surface area contributed by atoms with Crippen LogP contribution in [0.2, 0.25) is 0 Å². The Labute approximate surface area is 114 Å². The van der Waals surface area contributed by atoms with Gasteiger partial charge in [-0.2, -0.15) is 0 Å². The molecule has 0 radical (unpaired) electrons. The molecular weight excluding hydrogens is 272 g/mol. The van der Waals surface area contributed by atoms with Crippen molar-refractivity contribution in [3.05, 3.63) is 17.6 Å². The van der Waals surface area contributed by atoms with Crippen molar-refractivity contribution in [2.75, 3.05) is 5.88 Å². The highest BCUT2D eigenvalue weighted by atomic mass is 35.5. The van der Waals surface area contributed by atoms with Crippen LogP contribution in [0.5, 0.6) is 0 Å².